The first kappa shape index (κ1) is 10.8. The van der Waals surface area contributed by atoms with E-state index in [0.717, 1.165) is 17.9 Å². The highest BCUT2D eigenvalue weighted by Gasteiger charge is 2.10. The van der Waals surface area contributed by atoms with Crippen molar-refractivity contribution in [2.75, 3.05) is 0 Å². The molecule has 0 saturated heterocycles. The van der Waals surface area contributed by atoms with E-state index >= 15 is 0 Å². The van der Waals surface area contributed by atoms with Crippen molar-refractivity contribution in [2.45, 2.75) is 33.1 Å². The van der Waals surface area contributed by atoms with Crippen LogP contribution in [0.3, 0.4) is 0 Å². The van der Waals surface area contributed by atoms with E-state index in [1.165, 1.54) is 5.69 Å². The second-order valence-corrected chi connectivity index (χ2v) is 3.37. The molecule has 4 heteroatoms. The normalized spacial score (nSPS) is 10.5. The zero-order chi connectivity index (χ0) is 10.7. The number of aromatic nitrogens is 2. The van der Waals surface area contributed by atoms with Crippen LogP contribution in [0.25, 0.3) is 0 Å². The van der Waals surface area contributed by atoms with Gasteiger partial charge in [-0.05, 0) is 13.3 Å². The van der Waals surface area contributed by atoms with Crippen LogP contribution >= 0.6 is 0 Å². The summed E-state index contributed by atoms with van der Waals surface area (Å²) < 4.78 is 2.00. The summed E-state index contributed by atoms with van der Waals surface area (Å²) in [5.41, 5.74) is 2.20. The number of imidazole rings is 1. The third-order valence-electron chi connectivity index (χ3n) is 2.40. The standard InChI is InChI=1S/C10H16N2O2/c1-4-8-7(2)11-9(12(8)3)5-6-10(13)14/h4-6H2,1-3H3,(H,13,14). The van der Waals surface area contributed by atoms with Gasteiger partial charge >= 0.3 is 5.97 Å². The Kier molecular flexibility index (Phi) is 3.28. The average molecular weight is 196 g/mol. The van der Waals surface area contributed by atoms with Crippen LogP contribution in [0.5, 0.6) is 0 Å². The fraction of sp³-hybridized carbons (Fsp3) is 0.600. The second-order valence-electron chi connectivity index (χ2n) is 3.37. The Labute approximate surface area is 83.6 Å². The monoisotopic (exact) mass is 196 g/mol. The fourth-order valence-corrected chi connectivity index (χ4v) is 1.67. The fourth-order valence-electron chi connectivity index (χ4n) is 1.67. The SMILES string of the molecule is CCc1c(C)nc(CCC(=O)O)n1C. The molecule has 0 aromatic carbocycles. The molecule has 0 spiro atoms. The highest BCUT2D eigenvalue weighted by Crippen LogP contribution is 2.11. The van der Waals surface area contributed by atoms with Crippen LogP contribution in [0.15, 0.2) is 0 Å². The molecule has 4 nitrogen and oxygen atoms in total. The van der Waals surface area contributed by atoms with E-state index < -0.39 is 5.97 Å². The second kappa shape index (κ2) is 4.26. The Bertz CT molecular complexity index is 342. The minimum atomic E-state index is -0.774. The van der Waals surface area contributed by atoms with Crippen molar-refractivity contribution in [2.24, 2.45) is 7.05 Å². The number of nitrogens with zero attached hydrogens (tertiary/aromatic N) is 2. The van der Waals surface area contributed by atoms with Gasteiger partial charge in [0.1, 0.15) is 5.82 Å². The zero-order valence-electron chi connectivity index (χ0n) is 8.87. The highest BCUT2D eigenvalue weighted by molar-refractivity contribution is 5.66. The lowest BCUT2D eigenvalue weighted by Crippen LogP contribution is -2.04. The molecule has 0 aliphatic rings. The highest BCUT2D eigenvalue weighted by atomic mass is 16.4. The molecule has 0 radical (unpaired) electrons. The number of hydrogen-bond donors (Lipinski definition) is 1. The maximum atomic E-state index is 10.4. The predicted octanol–water partition coefficient (Wildman–Crippen LogP) is 1.31. The largest absolute Gasteiger partial charge is 0.481 e. The molecular weight excluding hydrogens is 180 g/mol. The smallest absolute Gasteiger partial charge is 0.303 e. The van der Waals surface area contributed by atoms with Gasteiger partial charge in [0.2, 0.25) is 0 Å². The molecule has 14 heavy (non-hydrogen) atoms. The molecule has 1 aromatic rings. The van der Waals surface area contributed by atoms with Crippen LogP contribution in [-0.2, 0) is 24.7 Å². The summed E-state index contributed by atoms with van der Waals surface area (Å²) in [6.07, 6.45) is 1.59. The van der Waals surface area contributed by atoms with Gasteiger partial charge in [-0.1, -0.05) is 6.92 Å². The van der Waals surface area contributed by atoms with Gasteiger partial charge in [-0.15, -0.1) is 0 Å². The number of carboxylic acids is 1. The van der Waals surface area contributed by atoms with E-state index in [-0.39, 0.29) is 6.42 Å². The number of carbonyl (C=O) groups is 1. The molecule has 0 aliphatic carbocycles. The summed E-state index contributed by atoms with van der Waals surface area (Å²) in [7, 11) is 1.94. The minimum absolute atomic E-state index is 0.146. The predicted molar refractivity (Wildman–Crippen MR) is 53.3 cm³/mol. The van der Waals surface area contributed by atoms with Gasteiger partial charge in [-0.3, -0.25) is 4.79 Å². The Balaban J connectivity index is 2.83. The molecule has 1 heterocycles. The van der Waals surface area contributed by atoms with Gasteiger partial charge < -0.3 is 9.67 Å². The van der Waals surface area contributed by atoms with Crippen molar-refractivity contribution in [3.63, 3.8) is 0 Å². The Morgan fingerprint density at radius 1 is 1.57 bits per heavy atom. The first-order valence-electron chi connectivity index (χ1n) is 4.79. The average Bonchev–Trinajstić information content (AvgIpc) is 2.38. The van der Waals surface area contributed by atoms with Gasteiger partial charge in [0.25, 0.3) is 0 Å². The molecule has 0 fully saturated rings. The summed E-state index contributed by atoms with van der Waals surface area (Å²) in [5, 5.41) is 8.56. The summed E-state index contributed by atoms with van der Waals surface area (Å²) in [5.74, 6) is 0.0884. The number of hydrogen-bond acceptors (Lipinski definition) is 2. The summed E-state index contributed by atoms with van der Waals surface area (Å²) in [6.45, 7) is 4.04. The number of rotatable bonds is 4. The van der Waals surface area contributed by atoms with Crippen molar-refractivity contribution >= 4 is 5.97 Å². The van der Waals surface area contributed by atoms with Crippen molar-refractivity contribution in [3.05, 3.63) is 17.2 Å². The maximum absolute atomic E-state index is 10.4. The van der Waals surface area contributed by atoms with Crippen LogP contribution < -0.4 is 0 Å². The van der Waals surface area contributed by atoms with Gasteiger partial charge in [0.05, 0.1) is 12.1 Å². The van der Waals surface area contributed by atoms with Crippen LogP contribution in [0.2, 0.25) is 0 Å². The van der Waals surface area contributed by atoms with Crippen LogP contribution in [0.1, 0.15) is 30.6 Å². The van der Waals surface area contributed by atoms with Crippen molar-refractivity contribution < 1.29 is 9.90 Å². The third-order valence-corrected chi connectivity index (χ3v) is 2.40. The minimum Gasteiger partial charge on any atom is -0.481 e. The molecule has 1 rings (SSSR count). The first-order valence-corrected chi connectivity index (χ1v) is 4.79. The van der Waals surface area contributed by atoms with E-state index in [4.69, 9.17) is 5.11 Å². The first-order chi connectivity index (χ1) is 6.56. The van der Waals surface area contributed by atoms with Gasteiger partial charge in [0, 0.05) is 19.2 Å². The van der Waals surface area contributed by atoms with Crippen LogP contribution in [-0.4, -0.2) is 20.6 Å². The van der Waals surface area contributed by atoms with E-state index in [9.17, 15) is 4.79 Å². The lowest BCUT2D eigenvalue weighted by Gasteiger charge is -2.02. The summed E-state index contributed by atoms with van der Waals surface area (Å²) in [4.78, 5) is 14.8. The van der Waals surface area contributed by atoms with Gasteiger partial charge in [-0.25, -0.2) is 4.98 Å². The molecule has 1 N–H and O–H groups in total. The van der Waals surface area contributed by atoms with Crippen molar-refractivity contribution in [1.82, 2.24) is 9.55 Å². The topological polar surface area (TPSA) is 55.1 Å². The van der Waals surface area contributed by atoms with E-state index in [1.807, 2.05) is 18.5 Å². The van der Waals surface area contributed by atoms with Gasteiger partial charge in [-0.2, -0.15) is 0 Å². The Hall–Kier alpha value is -1.32. The van der Waals surface area contributed by atoms with Gasteiger partial charge in [0.15, 0.2) is 0 Å². The molecule has 1 aromatic heterocycles. The van der Waals surface area contributed by atoms with E-state index in [0.29, 0.717) is 6.42 Å². The van der Waals surface area contributed by atoms with Crippen LogP contribution in [0, 0.1) is 6.92 Å². The number of aliphatic carboxylic acids is 1. The lowest BCUT2D eigenvalue weighted by molar-refractivity contribution is -0.137. The van der Waals surface area contributed by atoms with Crippen LogP contribution in [0.4, 0.5) is 0 Å². The molecule has 0 bridgehead atoms. The number of aryl methyl sites for hydroxylation is 2. The quantitative estimate of drug-likeness (QED) is 0.789. The molecule has 0 atom stereocenters. The number of carboxylic acid groups (broad SMARTS) is 1. The zero-order valence-corrected chi connectivity index (χ0v) is 8.87. The maximum Gasteiger partial charge on any atom is 0.303 e. The molecule has 0 amide bonds. The van der Waals surface area contributed by atoms with Crippen molar-refractivity contribution in [3.8, 4) is 0 Å². The molecule has 0 saturated carbocycles. The molecular formula is C10H16N2O2. The Morgan fingerprint density at radius 2 is 2.21 bits per heavy atom. The van der Waals surface area contributed by atoms with E-state index in [2.05, 4.69) is 11.9 Å². The van der Waals surface area contributed by atoms with E-state index in [1.54, 1.807) is 0 Å². The summed E-state index contributed by atoms with van der Waals surface area (Å²) in [6, 6.07) is 0. The third kappa shape index (κ3) is 2.13. The Morgan fingerprint density at radius 3 is 2.64 bits per heavy atom. The van der Waals surface area contributed by atoms with Crippen molar-refractivity contribution in [1.29, 1.82) is 0 Å². The molecule has 0 aliphatic heterocycles. The molecule has 0 unspecified atom stereocenters. The lowest BCUT2D eigenvalue weighted by atomic mass is 10.3. The molecule has 78 valence electrons. The summed E-state index contributed by atoms with van der Waals surface area (Å²) >= 11 is 0.